The number of hydrogen-bond acceptors (Lipinski definition) is 3. The van der Waals surface area contributed by atoms with Crippen LogP contribution in [0.5, 0.6) is 5.88 Å². The zero-order valence-electron chi connectivity index (χ0n) is 6.23. The molecule has 0 saturated heterocycles. The SMILES string of the molecule is C=Cc1ccc(OC(=O)O)nc1. The lowest BCUT2D eigenvalue weighted by Gasteiger charge is -1.97. The number of nitrogens with zero attached hydrogens (tertiary/aromatic N) is 1. The van der Waals surface area contributed by atoms with Gasteiger partial charge in [-0.1, -0.05) is 12.7 Å². The van der Waals surface area contributed by atoms with Crippen molar-refractivity contribution in [1.29, 1.82) is 0 Å². The molecule has 0 unspecified atom stereocenters. The second-order valence-corrected chi connectivity index (χ2v) is 2.00. The molecule has 1 N–H and O–H groups in total. The minimum absolute atomic E-state index is 0.0631. The molecule has 0 radical (unpaired) electrons. The molecule has 0 fully saturated rings. The Hall–Kier alpha value is -1.84. The van der Waals surface area contributed by atoms with Gasteiger partial charge in [-0.05, 0) is 11.6 Å². The summed E-state index contributed by atoms with van der Waals surface area (Å²) in [6.07, 6.45) is 1.72. The first-order chi connectivity index (χ1) is 5.72. The van der Waals surface area contributed by atoms with Gasteiger partial charge in [-0.3, -0.25) is 0 Å². The lowest BCUT2D eigenvalue weighted by molar-refractivity contribution is 0.142. The fourth-order valence-corrected chi connectivity index (χ4v) is 0.662. The van der Waals surface area contributed by atoms with Gasteiger partial charge in [0.05, 0.1) is 0 Å². The number of pyridine rings is 1. The molecule has 4 nitrogen and oxygen atoms in total. The molecule has 0 amide bonds. The van der Waals surface area contributed by atoms with Crippen molar-refractivity contribution < 1.29 is 14.6 Å². The van der Waals surface area contributed by atoms with Crippen LogP contribution in [0.1, 0.15) is 5.56 Å². The quantitative estimate of drug-likeness (QED) is 0.678. The van der Waals surface area contributed by atoms with Gasteiger partial charge in [-0.25, -0.2) is 9.78 Å². The number of rotatable bonds is 2. The van der Waals surface area contributed by atoms with Gasteiger partial charge < -0.3 is 9.84 Å². The zero-order chi connectivity index (χ0) is 8.97. The van der Waals surface area contributed by atoms with Gasteiger partial charge in [0.15, 0.2) is 0 Å². The lowest BCUT2D eigenvalue weighted by Crippen LogP contribution is -2.04. The molecule has 1 aromatic rings. The van der Waals surface area contributed by atoms with E-state index in [2.05, 4.69) is 16.3 Å². The van der Waals surface area contributed by atoms with Crippen LogP contribution in [-0.4, -0.2) is 16.2 Å². The van der Waals surface area contributed by atoms with Crippen LogP contribution in [0.4, 0.5) is 4.79 Å². The summed E-state index contributed by atoms with van der Waals surface area (Å²) in [5, 5.41) is 8.21. The van der Waals surface area contributed by atoms with E-state index >= 15 is 0 Å². The van der Waals surface area contributed by atoms with Crippen LogP contribution >= 0.6 is 0 Å². The third kappa shape index (κ3) is 2.09. The molecule has 0 spiro atoms. The fraction of sp³-hybridized carbons (Fsp3) is 0. The third-order valence-electron chi connectivity index (χ3n) is 1.19. The summed E-state index contributed by atoms with van der Waals surface area (Å²) in [6.45, 7) is 3.52. The number of aromatic nitrogens is 1. The van der Waals surface area contributed by atoms with E-state index in [1.165, 1.54) is 12.3 Å². The summed E-state index contributed by atoms with van der Waals surface area (Å²) in [4.78, 5) is 13.8. The highest BCUT2D eigenvalue weighted by molar-refractivity contribution is 5.60. The second-order valence-electron chi connectivity index (χ2n) is 2.00. The first-order valence-electron chi connectivity index (χ1n) is 3.21. The predicted octanol–water partition coefficient (Wildman–Crippen LogP) is 1.78. The first kappa shape index (κ1) is 8.26. The molecule has 4 heteroatoms. The van der Waals surface area contributed by atoms with Gasteiger partial charge in [-0.15, -0.1) is 0 Å². The molecule has 1 aromatic heterocycles. The zero-order valence-corrected chi connectivity index (χ0v) is 6.23. The summed E-state index contributed by atoms with van der Waals surface area (Å²) >= 11 is 0. The standard InChI is InChI=1S/C8H7NO3/c1-2-6-3-4-7(9-5-6)12-8(10)11/h2-5H,1H2,(H,10,11). The van der Waals surface area contributed by atoms with E-state index < -0.39 is 6.16 Å². The monoisotopic (exact) mass is 165 g/mol. The molecule has 1 heterocycles. The molecular formula is C8H7NO3. The van der Waals surface area contributed by atoms with Gasteiger partial charge in [0.2, 0.25) is 5.88 Å². The van der Waals surface area contributed by atoms with Gasteiger partial charge in [0, 0.05) is 12.3 Å². The maximum atomic E-state index is 10.0. The van der Waals surface area contributed by atoms with Crippen molar-refractivity contribution >= 4 is 12.2 Å². The average molecular weight is 165 g/mol. The van der Waals surface area contributed by atoms with Crippen LogP contribution in [0.2, 0.25) is 0 Å². The summed E-state index contributed by atoms with van der Waals surface area (Å²) in [7, 11) is 0. The lowest BCUT2D eigenvalue weighted by atomic mass is 10.3. The summed E-state index contributed by atoms with van der Waals surface area (Å²) in [5.74, 6) is 0.0631. The first-order valence-corrected chi connectivity index (χ1v) is 3.21. The Bertz CT molecular complexity index is 292. The Morgan fingerprint density at radius 1 is 1.67 bits per heavy atom. The molecule has 0 saturated carbocycles. The molecule has 0 atom stereocenters. The molecular weight excluding hydrogens is 158 g/mol. The smallest absolute Gasteiger partial charge is 0.449 e. The van der Waals surface area contributed by atoms with E-state index in [-0.39, 0.29) is 5.88 Å². The maximum absolute atomic E-state index is 10.0. The Balaban J connectivity index is 2.77. The molecule has 62 valence electrons. The van der Waals surface area contributed by atoms with E-state index in [4.69, 9.17) is 5.11 Å². The van der Waals surface area contributed by atoms with Crippen molar-refractivity contribution in [3.63, 3.8) is 0 Å². The molecule has 1 rings (SSSR count). The number of carbonyl (C=O) groups is 1. The van der Waals surface area contributed by atoms with E-state index in [1.807, 2.05) is 0 Å². The summed E-state index contributed by atoms with van der Waals surface area (Å²) < 4.78 is 4.28. The minimum atomic E-state index is -1.37. The molecule has 0 bridgehead atoms. The van der Waals surface area contributed by atoms with Crippen LogP contribution in [0.3, 0.4) is 0 Å². The topological polar surface area (TPSA) is 59.4 Å². The van der Waals surface area contributed by atoms with Crippen LogP contribution in [0.15, 0.2) is 24.9 Å². The van der Waals surface area contributed by atoms with Crippen molar-refractivity contribution in [1.82, 2.24) is 4.98 Å². The minimum Gasteiger partial charge on any atom is -0.449 e. The van der Waals surface area contributed by atoms with Crippen LogP contribution < -0.4 is 4.74 Å². The molecule has 12 heavy (non-hydrogen) atoms. The number of carboxylic acid groups (broad SMARTS) is 1. The van der Waals surface area contributed by atoms with Crippen molar-refractivity contribution in [2.45, 2.75) is 0 Å². The van der Waals surface area contributed by atoms with Crippen LogP contribution in [0, 0.1) is 0 Å². The molecule has 0 aliphatic carbocycles. The third-order valence-corrected chi connectivity index (χ3v) is 1.19. The normalized spacial score (nSPS) is 9.00. The Kier molecular flexibility index (Phi) is 2.42. The van der Waals surface area contributed by atoms with Gasteiger partial charge in [-0.2, -0.15) is 0 Å². The van der Waals surface area contributed by atoms with Crippen molar-refractivity contribution in [3.05, 3.63) is 30.5 Å². The Labute approximate surface area is 69.1 Å². The molecule has 0 aromatic carbocycles. The second kappa shape index (κ2) is 3.52. The highest BCUT2D eigenvalue weighted by Gasteiger charge is 1.99. The van der Waals surface area contributed by atoms with Crippen molar-refractivity contribution in [2.24, 2.45) is 0 Å². The van der Waals surface area contributed by atoms with Gasteiger partial charge in [0.25, 0.3) is 0 Å². The van der Waals surface area contributed by atoms with Crippen LogP contribution in [0.25, 0.3) is 6.08 Å². The fourth-order valence-electron chi connectivity index (χ4n) is 0.662. The molecule has 0 aliphatic rings. The van der Waals surface area contributed by atoms with E-state index in [0.29, 0.717) is 0 Å². The number of hydrogen-bond donors (Lipinski definition) is 1. The maximum Gasteiger partial charge on any atom is 0.512 e. The largest absolute Gasteiger partial charge is 0.512 e. The Morgan fingerprint density at radius 3 is 2.83 bits per heavy atom. The van der Waals surface area contributed by atoms with Crippen molar-refractivity contribution in [2.75, 3.05) is 0 Å². The van der Waals surface area contributed by atoms with Crippen molar-refractivity contribution in [3.8, 4) is 5.88 Å². The summed E-state index contributed by atoms with van der Waals surface area (Å²) in [6, 6.07) is 3.13. The van der Waals surface area contributed by atoms with E-state index in [9.17, 15) is 4.79 Å². The Morgan fingerprint density at radius 2 is 2.42 bits per heavy atom. The summed E-state index contributed by atoms with van der Waals surface area (Å²) in [5.41, 5.74) is 0.813. The van der Waals surface area contributed by atoms with Crippen LogP contribution in [-0.2, 0) is 0 Å². The highest BCUT2D eigenvalue weighted by Crippen LogP contribution is 2.07. The molecule has 0 aliphatic heterocycles. The van der Waals surface area contributed by atoms with Gasteiger partial charge in [0.1, 0.15) is 0 Å². The highest BCUT2D eigenvalue weighted by atomic mass is 16.7. The van der Waals surface area contributed by atoms with Gasteiger partial charge >= 0.3 is 6.16 Å². The van der Waals surface area contributed by atoms with E-state index in [1.54, 1.807) is 12.1 Å². The van der Waals surface area contributed by atoms with E-state index in [0.717, 1.165) is 5.56 Å². The number of ether oxygens (including phenoxy) is 1. The predicted molar refractivity (Wildman–Crippen MR) is 43.0 cm³/mol. The average Bonchev–Trinajstić information content (AvgIpc) is 2.05.